The van der Waals surface area contributed by atoms with Gasteiger partial charge in [-0.05, 0) is 26.0 Å². The van der Waals surface area contributed by atoms with Gasteiger partial charge < -0.3 is 19.4 Å². The first-order valence-electron chi connectivity index (χ1n) is 6.95. The second-order valence-corrected chi connectivity index (χ2v) is 4.82. The lowest BCUT2D eigenvalue weighted by molar-refractivity contribution is 0.332. The SMILES string of the molecule is CCOc1ccc(OCC)c(NCc2ncc(Cl)n2C)c1. The molecule has 0 spiro atoms. The molecule has 0 fully saturated rings. The van der Waals surface area contributed by atoms with Crippen LogP contribution in [0.3, 0.4) is 0 Å². The summed E-state index contributed by atoms with van der Waals surface area (Å²) in [5.74, 6) is 2.45. The van der Waals surface area contributed by atoms with Gasteiger partial charge in [0, 0.05) is 13.1 Å². The van der Waals surface area contributed by atoms with Crippen LogP contribution in [-0.2, 0) is 13.6 Å². The lowest BCUT2D eigenvalue weighted by atomic mass is 10.2. The summed E-state index contributed by atoms with van der Waals surface area (Å²) in [4.78, 5) is 4.26. The van der Waals surface area contributed by atoms with Crippen molar-refractivity contribution in [2.24, 2.45) is 7.05 Å². The number of hydrogen-bond donors (Lipinski definition) is 1. The molecule has 0 atom stereocenters. The van der Waals surface area contributed by atoms with Gasteiger partial charge in [0.25, 0.3) is 0 Å². The van der Waals surface area contributed by atoms with E-state index in [0.717, 1.165) is 23.0 Å². The highest BCUT2D eigenvalue weighted by molar-refractivity contribution is 6.29. The van der Waals surface area contributed by atoms with Crippen molar-refractivity contribution in [3.8, 4) is 11.5 Å². The number of benzene rings is 1. The van der Waals surface area contributed by atoms with Crippen LogP contribution in [0.15, 0.2) is 24.4 Å². The highest BCUT2D eigenvalue weighted by Crippen LogP contribution is 2.29. The van der Waals surface area contributed by atoms with Crippen molar-refractivity contribution in [3.63, 3.8) is 0 Å². The van der Waals surface area contributed by atoms with Gasteiger partial charge in [-0.1, -0.05) is 11.6 Å². The number of nitrogens with one attached hydrogen (secondary N) is 1. The second-order valence-electron chi connectivity index (χ2n) is 4.43. The fourth-order valence-corrected chi connectivity index (χ4v) is 2.09. The van der Waals surface area contributed by atoms with Crippen LogP contribution in [0.1, 0.15) is 19.7 Å². The van der Waals surface area contributed by atoms with Crippen LogP contribution in [0, 0.1) is 0 Å². The molecule has 1 heterocycles. The van der Waals surface area contributed by atoms with E-state index >= 15 is 0 Å². The van der Waals surface area contributed by atoms with E-state index in [1.807, 2.05) is 43.7 Å². The summed E-state index contributed by atoms with van der Waals surface area (Å²) in [6.07, 6.45) is 1.64. The van der Waals surface area contributed by atoms with E-state index < -0.39 is 0 Å². The molecular weight excluding hydrogens is 290 g/mol. The minimum absolute atomic E-state index is 0.554. The van der Waals surface area contributed by atoms with Crippen molar-refractivity contribution in [1.29, 1.82) is 0 Å². The molecular formula is C15H20ClN3O2. The first kappa shape index (κ1) is 15.5. The second kappa shape index (κ2) is 7.22. The van der Waals surface area contributed by atoms with Gasteiger partial charge in [-0.2, -0.15) is 0 Å². The van der Waals surface area contributed by atoms with Crippen LogP contribution in [0.5, 0.6) is 11.5 Å². The molecule has 5 nitrogen and oxygen atoms in total. The summed E-state index contributed by atoms with van der Waals surface area (Å²) >= 11 is 5.99. The molecule has 2 aromatic rings. The molecule has 6 heteroatoms. The Kier molecular flexibility index (Phi) is 5.33. The van der Waals surface area contributed by atoms with Crippen LogP contribution in [0.2, 0.25) is 5.15 Å². The first-order chi connectivity index (χ1) is 10.2. The maximum Gasteiger partial charge on any atom is 0.142 e. The molecule has 0 saturated heterocycles. The van der Waals surface area contributed by atoms with Crippen molar-refractivity contribution in [2.45, 2.75) is 20.4 Å². The summed E-state index contributed by atoms with van der Waals surface area (Å²) in [5, 5.41) is 3.93. The van der Waals surface area contributed by atoms with Gasteiger partial charge in [-0.25, -0.2) is 4.98 Å². The normalized spacial score (nSPS) is 10.5. The Labute approximate surface area is 129 Å². The molecule has 0 aliphatic heterocycles. The maximum atomic E-state index is 5.99. The lowest BCUT2D eigenvalue weighted by Gasteiger charge is -2.14. The predicted molar refractivity (Wildman–Crippen MR) is 84.3 cm³/mol. The number of halogens is 1. The lowest BCUT2D eigenvalue weighted by Crippen LogP contribution is -2.08. The number of anilines is 1. The molecule has 114 valence electrons. The molecule has 1 aromatic carbocycles. The fraction of sp³-hybridized carbons (Fsp3) is 0.400. The zero-order valence-corrected chi connectivity index (χ0v) is 13.3. The van der Waals surface area contributed by atoms with Gasteiger partial charge >= 0.3 is 0 Å². The highest BCUT2D eigenvalue weighted by Gasteiger charge is 2.08. The molecule has 0 bridgehead atoms. The molecule has 2 rings (SSSR count). The number of imidazole rings is 1. The Balaban J connectivity index is 2.16. The van der Waals surface area contributed by atoms with E-state index in [1.54, 1.807) is 6.20 Å². The van der Waals surface area contributed by atoms with Crippen molar-refractivity contribution < 1.29 is 9.47 Å². The number of rotatable bonds is 7. The van der Waals surface area contributed by atoms with Crippen molar-refractivity contribution >= 4 is 17.3 Å². The first-order valence-corrected chi connectivity index (χ1v) is 7.33. The van der Waals surface area contributed by atoms with Gasteiger partial charge in [-0.15, -0.1) is 0 Å². The van der Waals surface area contributed by atoms with E-state index in [0.29, 0.717) is 24.9 Å². The van der Waals surface area contributed by atoms with Gasteiger partial charge in [-0.3, -0.25) is 0 Å². The number of aromatic nitrogens is 2. The summed E-state index contributed by atoms with van der Waals surface area (Å²) in [6.45, 7) is 5.70. The van der Waals surface area contributed by atoms with Crippen LogP contribution < -0.4 is 14.8 Å². The summed E-state index contributed by atoms with van der Waals surface area (Å²) < 4.78 is 13.0. The molecule has 1 aromatic heterocycles. The zero-order valence-electron chi connectivity index (χ0n) is 12.5. The maximum absolute atomic E-state index is 5.99. The fourth-order valence-electron chi connectivity index (χ4n) is 1.95. The minimum Gasteiger partial charge on any atom is -0.494 e. The molecule has 0 aliphatic carbocycles. The van der Waals surface area contributed by atoms with Crippen LogP contribution in [-0.4, -0.2) is 22.8 Å². The van der Waals surface area contributed by atoms with Crippen LogP contribution in [0.25, 0.3) is 0 Å². The largest absolute Gasteiger partial charge is 0.494 e. The van der Waals surface area contributed by atoms with Crippen molar-refractivity contribution in [1.82, 2.24) is 9.55 Å². The topological polar surface area (TPSA) is 48.3 Å². The van der Waals surface area contributed by atoms with E-state index in [4.69, 9.17) is 21.1 Å². The van der Waals surface area contributed by atoms with E-state index in [2.05, 4.69) is 10.3 Å². The third-order valence-corrected chi connectivity index (χ3v) is 3.38. The molecule has 0 amide bonds. The van der Waals surface area contributed by atoms with Crippen LogP contribution in [0.4, 0.5) is 5.69 Å². The predicted octanol–water partition coefficient (Wildman–Crippen LogP) is 3.48. The van der Waals surface area contributed by atoms with Gasteiger partial charge in [0.15, 0.2) is 0 Å². The van der Waals surface area contributed by atoms with Crippen molar-refractivity contribution in [2.75, 3.05) is 18.5 Å². The third-order valence-electron chi connectivity index (χ3n) is 3.03. The van der Waals surface area contributed by atoms with Gasteiger partial charge in [0.1, 0.15) is 22.5 Å². The Morgan fingerprint density at radius 3 is 2.62 bits per heavy atom. The molecule has 21 heavy (non-hydrogen) atoms. The average Bonchev–Trinajstić information content (AvgIpc) is 2.79. The molecule has 0 unspecified atom stereocenters. The molecule has 0 radical (unpaired) electrons. The quantitative estimate of drug-likeness (QED) is 0.850. The number of ether oxygens (including phenoxy) is 2. The zero-order chi connectivity index (χ0) is 15.2. The Morgan fingerprint density at radius 2 is 2.00 bits per heavy atom. The Hall–Kier alpha value is -1.88. The molecule has 1 N–H and O–H groups in total. The monoisotopic (exact) mass is 309 g/mol. The van der Waals surface area contributed by atoms with E-state index in [1.165, 1.54) is 0 Å². The standard InChI is InChI=1S/C15H20ClN3O2/c1-4-20-11-6-7-13(21-5-2)12(8-11)17-10-15-18-9-14(16)19(15)3/h6-9,17H,4-5,10H2,1-3H3. The Morgan fingerprint density at radius 1 is 1.24 bits per heavy atom. The molecule has 0 aliphatic rings. The molecule has 0 saturated carbocycles. The van der Waals surface area contributed by atoms with Gasteiger partial charge in [0.2, 0.25) is 0 Å². The third kappa shape index (κ3) is 3.82. The highest BCUT2D eigenvalue weighted by atomic mass is 35.5. The average molecular weight is 310 g/mol. The number of hydrogen-bond acceptors (Lipinski definition) is 4. The Bertz CT molecular complexity index is 599. The van der Waals surface area contributed by atoms with Crippen molar-refractivity contribution in [3.05, 3.63) is 35.4 Å². The number of nitrogens with zero attached hydrogens (tertiary/aromatic N) is 2. The summed E-state index contributed by atoms with van der Waals surface area (Å²) in [5.41, 5.74) is 0.877. The summed E-state index contributed by atoms with van der Waals surface area (Å²) in [6, 6.07) is 5.73. The van der Waals surface area contributed by atoms with Crippen LogP contribution >= 0.6 is 11.6 Å². The summed E-state index contributed by atoms with van der Waals surface area (Å²) in [7, 11) is 1.88. The smallest absolute Gasteiger partial charge is 0.142 e. The van der Waals surface area contributed by atoms with Gasteiger partial charge in [0.05, 0.1) is 31.6 Å². The van der Waals surface area contributed by atoms with E-state index in [-0.39, 0.29) is 0 Å². The van der Waals surface area contributed by atoms with E-state index in [9.17, 15) is 0 Å². The minimum atomic E-state index is 0.554.